The number of aliphatic hydroxyl groups is 1. The van der Waals surface area contributed by atoms with E-state index in [1.807, 2.05) is 6.07 Å². The number of carbonyl (C=O) groups is 2. The van der Waals surface area contributed by atoms with Crippen LogP contribution < -0.4 is 5.32 Å². The SMILES string of the molecule is Cc1c(C(O)CNC(=O)OCc2cnn(-c3cnc(C#N)cn3)c2)ccc2c1COC2=O. The van der Waals surface area contributed by atoms with Crippen LogP contribution in [-0.2, 0) is 22.7 Å². The van der Waals surface area contributed by atoms with Gasteiger partial charge in [0.2, 0.25) is 0 Å². The third-order valence-electron chi connectivity index (χ3n) is 5.00. The molecule has 32 heavy (non-hydrogen) atoms. The quantitative estimate of drug-likeness (QED) is 0.549. The zero-order valence-electron chi connectivity index (χ0n) is 17.0. The number of aromatic nitrogens is 4. The van der Waals surface area contributed by atoms with Crippen LogP contribution in [0.15, 0.2) is 36.9 Å². The smallest absolute Gasteiger partial charge is 0.407 e. The van der Waals surface area contributed by atoms with E-state index in [1.165, 1.54) is 23.3 Å². The fourth-order valence-corrected chi connectivity index (χ4v) is 3.28. The molecule has 1 atom stereocenters. The molecule has 2 aromatic heterocycles. The van der Waals surface area contributed by atoms with Crippen molar-refractivity contribution >= 4 is 12.1 Å². The molecule has 1 aromatic carbocycles. The molecule has 0 spiro atoms. The summed E-state index contributed by atoms with van der Waals surface area (Å²) < 4.78 is 11.6. The van der Waals surface area contributed by atoms with Crippen LogP contribution in [0.2, 0.25) is 0 Å². The van der Waals surface area contributed by atoms with E-state index in [0.717, 1.165) is 11.1 Å². The third kappa shape index (κ3) is 4.26. The van der Waals surface area contributed by atoms with Gasteiger partial charge < -0.3 is 19.9 Å². The summed E-state index contributed by atoms with van der Waals surface area (Å²) in [6, 6.07) is 5.15. The summed E-state index contributed by atoms with van der Waals surface area (Å²) in [5, 5.41) is 25.9. The van der Waals surface area contributed by atoms with Crippen molar-refractivity contribution in [2.24, 2.45) is 0 Å². The van der Waals surface area contributed by atoms with Crippen molar-refractivity contribution in [1.82, 2.24) is 25.1 Å². The number of nitriles is 1. The van der Waals surface area contributed by atoms with Crippen molar-refractivity contribution < 1.29 is 24.2 Å². The second-order valence-corrected chi connectivity index (χ2v) is 7.02. The first-order chi connectivity index (χ1) is 15.5. The highest BCUT2D eigenvalue weighted by Gasteiger charge is 2.25. The molecule has 1 aliphatic rings. The highest BCUT2D eigenvalue weighted by Crippen LogP contribution is 2.28. The van der Waals surface area contributed by atoms with Crippen molar-refractivity contribution in [2.45, 2.75) is 26.2 Å². The molecule has 0 aliphatic carbocycles. The number of fused-ring (bicyclic) bond motifs is 1. The average molecular weight is 434 g/mol. The first kappa shape index (κ1) is 21.0. The van der Waals surface area contributed by atoms with Crippen LogP contribution in [0.5, 0.6) is 0 Å². The first-order valence-corrected chi connectivity index (χ1v) is 9.60. The van der Waals surface area contributed by atoms with Crippen LogP contribution in [0.25, 0.3) is 5.82 Å². The Kier molecular flexibility index (Phi) is 5.78. The summed E-state index contributed by atoms with van der Waals surface area (Å²) in [5.74, 6) is 0.0417. The topological polar surface area (TPSA) is 152 Å². The normalized spacial score (nSPS) is 13.1. The lowest BCUT2D eigenvalue weighted by Gasteiger charge is -2.16. The summed E-state index contributed by atoms with van der Waals surface area (Å²) in [7, 11) is 0. The van der Waals surface area contributed by atoms with E-state index in [0.29, 0.717) is 22.5 Å². The fraction of sp³-hybridized carbons (Fsp3) is 0.238. The molecule has 3 aromatic rings. The number of amides is 1. The Balaban J connectivity index is 1.29. The van der Waals surface area contributed by atoms with E-state index in [9.17, 15) is 14.7 Å². The van der Waals surface area contributed by atoms with Crippen LogP contribution in [0.4, 0.5) is 4.79 Å². The molecule has 2 N–H and O–H groups in total. The van der Waals surface area contributed by atoms with Gasteiger partial charge in [0, 0.05) is 17.3 Å². The van der Waals surface area contributed by atoms with Gasteiger partial charge in [0.15, 0.2) is 11.5 Å². The Morgan fingerprint density at radius 3 is 2.97 bits per heavy atom. The largest absolute Gasteiger partial charge is 0.457 e. The van der Waals surface area contributed by atoms with Gasteiger partial charge in [-0.15, -0.1) is 0 Å². The summed E-state index contributed by atoms with van der Waals surface area (Å²) in [6.07, 6.45) is 4.20. The number of esters is 1. The van der Waals surface area contributed by atoms with E-state index in [1.54, 1.807) is 25.3 Å². The van der Waals surface area contributed by atoms with Gasteiger partial charge in [-0.05, 0) is 24.1 Å². The van der Waals surface area contributed by atoms with Crippen molar-refractivity contribution in [1.29, 1.82) is 5.26 Å². The fourth-order valence-electron chi connectivity index (χ4n) is 3.28. The Morgan fingerprint density at radius 1 is 1.38 bits per heavy atom. The van der Waals surface area contributed by atoms with E-state index in [2.05, 4.69) is 20.4 Å². The summed E-state index contributed by atoms with van der Waals surface area (Å²) in [4.78, 5) is 31.7. The zero-order valence-corrected chi connectivity index (χ0v) is 17.0. The number of nitrogens with zero attached hydrogens (tertiary/aromatic N) is 5. The lowest BCUT2D eigenvalue weighted by Crippen LogP contribution is -2.29. The zero-order chi connectivity index (χ0) is 22.7. The molecule has 162 valence electrons. The number of cyclic esters (lactones) is 1. The number of benzene rings is 1. The number of carbonyl (C=O) groups excluding carboxylic acids is 2. The summed E-state index contributed by atoms with van der Waals surface area (Å²) in [6.45, 7) is 1.88. The third-order valence-corrected chi connectivity index (χ3v) is 5.00. The lowest BCUT2D eigenvalue weighted by atomic mass is 9.95. The Hall–Kier alpha value is -4.30. The molecule has 11 heteroatoms. The van der Waals surface area contributed by atoms with Crippen LogP contribution in [0.3, 0.4) is 0 Å². The van der Waals surface area contributed by atoms with E-state index in [-0.39, 0.29) is 31.4 Å². The number of ether oxygens (including phenoxy) is 2. The maximum atomic E-state index is 12.0. The highest BCUT2D eigenvalue weighted by atomic mass is 16.5. The summed E-state index contributed by atoms with van der Waals surface area (Å²) >= 11 is 0. The van der Waals surface area contributed by atoms with Crippen LogP contribution in [0, 0.1) is 18.3 Å². The number of alkyl carbamates (subject to hydrolysis) is 1. The molecule has 11 nitrogen and oxygen atoms in total. The molecule has 0 saturated heterocycles. The number of hydrogen-bond acceptors (Lipinski definition) is 9. The molecule has 1 amide bonds. The number of rotatable bonds is 6. The predicted octanol–water partition coefficient (Wildman–Crippen LogP) is 1.47. The second kappa shape index (κ2) is 8.83. The number of hydrogen-bond donors (Lipinski definition) is 2. The molecule has 0 saturated carbocycles. The van der Waals surface area contributed by atoms with Crippen molar-refractivity contribution in [3.8, 4) is 11.9 Å². The Bertz CT molecular complexity index is 1210. The minimum Gasteiger partial charge on any atom is -0.457 e. The van der Waals surface area contributed by atoms with Gasteiger partial charge in [0.1, 0.15) is 19.3 Å². The van der Waals surface area contributed by atoms with Gasteiger partial charge in [0.05, 0.1) is 36.8 Å². The van der Waals surface area contributed by atoms with Crippen molar-refractivity contribution in [2.75, 3.05) is 6.54 Å². The van der Waals surface area contributed by atoms with Gasteiger partial charge in [-0.25, -0.2) is 24.2 Å². The highest BCUT2D eigenvalue weighted by molar-refractivity contribution is 5.93. The predicted molar refractivity (Wildman–Crippen MR) is 107 cm³/mol. The minimum atomic E-state index is -0.971. The molecule has 0 bridgehead atoms. The molecule has 0 fully saturated rings. The molecule has 1 unspecified atom stereocenters. The van der Waals surface area contributed by atoms with Gasteiger partial charge in [-0.2, -0.15) is 10.4 Å². The maximum Gasteiger partial charge on any atom is 0.407 e. The Labute approximate surface area is 182 Å². The maximum absolute atomic E-state index is 12.0. The van der Waals surface area contributed by atoms with E-state index >= 15 is 0 Å². The second-order valence-electron chi connectivity index (χ2n) is 7.02. The number of nitrogens with one attached hydrogen (secondary N) is 1. The molecule has 4 rings (SSSR count). The van der Waals surface area contributed by atoms with Crippen molar-refractivity contribution in [3.63, 3.8) is 0 Å². The number of aliphatic hydroxyl groups excluding tert-OH is 1. The van der Waals surface area contributed by atoms with Crippen LogP contribution in [0.1, 0.15) is 44.4 Å². The van der Waals surface area contributed by atoms with E-state index < -0.39 is 12.2 Å². The van der Waals surface area contributed by atoms with Crippen LogP contribution in [-0.4, -0.2) is 43.5 Å². The van der Waals surface area contributed by atoms with Gasteiger partial charge in [0.25, 0.3) is 0 Å². The lowest BCUT2D eigenvalue weighted by molar-refractivity contribution is 0.0534. The molecule has 0 radical (unpaired) electrons. The van der Waals surface area contributed by atoms with Gasteiger partial charge in [-0.3, -0.25) is 0 Å². The van der Waals surface area contributed by atoms with Gasteiger partial charge in [-0.1, -0.05) is 6.07 Å². The molecular formula is C21H18N6O5. The monoisotopic (exact) mass is 434 g/mol. The first-order valence-electron chi connectivity index (χ1n) is 9.60. The van der Waals surface area contributed by atoms with Gasteiger partial charge >= 0.3 is 12.1 Å². The average Bonchev–Trinajstić information content (AvgIpc) is 3.44. The standard InChI is InChI=1S/C21H18N6O5/c1-12-15(2-3-16-17(12)11-31-20(16)29)18(28)7-25-21(30)32-10-13-5-26-27(9-13)19-8-23-14(4-22)6-24-19/h2-3,5-6,8-9,18,28H,7,10-11H2,1H3,(H,25,30). The van der Waals surface area contributed by atoms with Crippen molar-refractivity contribution in [3.05, 3.63) is 70.4 Å². The van der Waals surface area contributed by atoms with Crippen LogP contribution >= 0.6 is 0 Å². The minimum absolute atomic E-state index is 0.0387. The molecular weight excluding hydrogens is 416 g/mol. The van der Waals surface area contributed by atoms with E-state index in [4.69, 9.17) is 14.7 Å². The molecule has 3 heterocycles. The molecule has 1 aliphatic heterocycles. The summed E-state index contributed by atoms with van der Waals surface area (Å²) in [5.41, 5.74) is 3.42. The Morgan fingerprint density at radius 2 is 2.22 bits per heavy atom.